The van der Waals surface area contributed by atoms with Gasteiger partial charge < -0.3 is 34.1 Å². The van der Waals surface area contributed by atoms with Gasteiger partial charge in [0.25, 0.3) is 0 Å². The zero-order valence-corrected chi connectivity index (χ0v) is 16.8. The lowest BCUT2D eigenvalue weighted by Gasteiger charge is -2.47. The molecule has 2 atom stereocenters. The fourth-order valence-electron chi connectivity index (χ4n) is 5.05. The van der Waals surface area contributed by atoms with Crippen LogP contribution < -0.4 is 5.32 Å². The molecule has 0 aromatic rings. The maximum atomic E-state index is 5.80. The minimum absolute atomic E-state index is 0.0847. The molecule has 3 fully saturated rings. The van der Waals surface area contributed by atoms with Gasteiger partial charge in [0.15, 0.2) is 6.29 Å². The van der Waals surface area contributed by atoms with Gasteiger partial charge in [0.05, 0.1) is 26.4 Å². The van der Waals surface area contributed by atoms with Gasteiger partial charge in [-0.15, -0.1) is 0 Å². The van der Waals surface area contributed by atoms with Crippen LogP contribution in [0.5, 0.6) is 0 Å². The largest absolute Gasteiger partial charge is 0.367 e. The Labute approximate surface area is 162 Å². The van der Waals surface area contributed by atoms with Gasteiger partial charge in [0.2, 0.25) is 0 Å². The maximum Gasteiger partial charge on any atom is 0.154 e. The lowest BCUT2D eigenvalue weighted by Crippen LogP contribution is -2.61. The summed E-state index contributed by atoms with van der Waals surface area (Å²) in [6.07, 6.45) is 6.53. The molecule has 0 bridgehead atoms. The Morgan fingerprint density at radius 2 is 1.85 bits per heavy atom. The third kappa shape index (κ3) is 4.27. The first-order chi connectivity index (χ1) is 13.2. The third-order valence-electron chi connectivity index (χ3n) is 6.59. The third-order valence-corrected chi connectivity index (χ3v) is 6.59. The molecule has 0 aliphatic carbocycles. The summed E-state index contributed by atoms with van der Waals surface area (Å²) in [4.78, 5) is 5.10. The van der Waals surface area contributed by atoms with Crippen LogP contribution in [-0.2, 0) is 18.9 Å². The van der Waals surface area contributed by atoms with Crippen LogP contribution in [0.4, 0.5) is 0 Å². The van der Waals surface area contributed by atoms with E-state index < -0.39 is 0 Å². The second-order valence-electron chi connectivity index (χ2n) is 8.46. The average Bonchev–Trinajstić information content (AvgIpc) is 3.31. The minimum atomic E-state index is -0.0888. The molecule has 0 spiro atoms. The summed E-state index contributed by atoms with van der Waals surface area (Å²) in [6.45, 7) is 12.4. The van der Waals surface area contributed by atoms with Crippen molar-refractivity contribution in [3.05, 3.63) is 12.4 Å². The molecule has 0 aromatic carbocycles. The normalized spacial score (nSPS) is 38.4. The highest BCUT2D eigenvalue weighted by atomic mass is 16.7. The fourth-order valence-corrected chi connectivity index (χ4v) is 5.05. The van der Waals surface area contributed by atoms with E-state index in [1.54, 1.807) is 0 Å². The predicted octanol–water partition coefficient (Wildman–Crippen LogP) is 1.42. The van der Waals surface area contributed by atoms with Crippen LogP contribution in [0.25, 0.3) is 0 Å². The van der Waals surface area contributed by atoms with Gasteiger partial charge in [-0.3, -0.25) is 0 Å². The molecule has 1 N–H and O–H groups in total. The Kier molecular flexibility index (Phi) is 6.24. The van der Waals surface area contributed by atoms with E-state index in [1.807, 2.05) is 6.92 Å². The van der Waals surface area contributed by atoms with Gasteiger partial charge in [0, 0.05) is 43.9 Å². The molecule has 4 rings (SSSR count). The topological polar surface area (TPSA) is 55.4 Å². The van der Waals surface area contributed by atoms with Crippen LogP contribution in [0.2, 0.25) is 0 Å². The van der Waals surface area contributed by atoms with E-state index in [9.17, 15) is 0 Å². The van der Waals surface area contributed by atoms with E-state index in [-0.39, 0.29) is 12.0 Å². The summed E-state index contributed by atoms with van der Waals surface area (Å²) in [7, 11) is 0. The fraction of sp³-hybridized carbons (Fsp3) is 0.900. The molecule has 4 aliphatic heterocycles. The van der Waals surface area contributed by atoms with Crippen LogP contribution in [0.15, 0.2) is 12.4 Å². The number of ether oxygens (including phenoxy) is 4. The lowest BCUT2D eigenvalue weighted by atomic mass is 9.88. The highest BCUT2D eigenvalue weighted by Gasteiger charge is 2.46. The predicted molar refractivity (Wildman–Crippen MR) is 102 cm³/mol. The highest BCUT2D eigenvalue weighted by Crippen LogP contribution is 2.35. The summed E-state index contributed by atoms with van der Waals surface area (Å²) in [5.74, 6) is 1.54. The summed E-state index contributed by atoms with van der Waals surface area (Å²) >= 11 is 0. The standard InChI is InChI=1S/C20H35N3O4/c1-3-20(19-13-26-16(2)27-14-19)21-5-7-23(20)10-17-4-6-22(8-17)9-18-11-24-15-25-12-18/h5,7,16-19,21H,3-4,6,8-15H2,1-2H3. The molecule has 0 saturated carbocycles. The van der Waals surface area contributed by atoms with Gasteiger partial charge in [0.1, 0.15) is 12.5 Å². The molecule has 27 heavy (non-hydrogen) atoms. The second kappa shape index (κ2) is 8.66. The Balaban J connectivity index is 1.32. The van der Waals surface area contributed by atoms with Crippen LogP contribution in [0.1, 0.15) is 26.7 Å². The van der Waals surface area contributed by atoms with E-state index in [2.05, 4.69) is 34.4 Å². The van der Waals surface area contributed by atoms with Gasteiger partial charge in [-0.05, 0) is 32.2 Å². The molecular weight excluding hydrogens is 346 g/mol. The maximum absolute atomic E-state index is 5.80. The monoisotopic (exact) mass is 381 g/mol. The number of rotatable bonds is 6. The molecule has 7 nitrogen and oxygen atoms in total. The number of nitrogens with zero attached hydrogens (tertiary/aromatic N) is 2. The van der Waals surface area contributed by atoms with E-state index >= 15 is 0 Å². The van der Waals surface area contributed by atoms with Crippen molar-refractivity contribution in [1.82, 2.24) is 15.1 Å². The van der Waals surface area contributed by atoms with Crippen LogP contribution in [0.3, 0.4) is 0 Å². The summed E-state index contributed by atoms with van der Waals surface area (Å²) < 4.78 is 22.5. The van der Waals surface area contributed by atoms with Crippen molar-refractivity contribution in [2.24, 2.45) is 17.8 Å². The zero-order valence-electron chi connectivity index (χ0n) is 16.8. The quantitative estimate of drug-likeness (QED) is 0.747. The van der Waals surface area contributed by atoms with Gasteiger partial charge >= 0.3 is 0 Å². The van der Waals surface area contributed by atoms with E-state index in [1.165, 1.54) is 13.0 Å². The number of likely N-dealkylation sites (tertiary alicyclic amines) is 1. The molecule has 4 heterocycles. The lowest BCUT2D eigenvalue weighted by molar-refractivity contribution is -0.212. The van der Waals surface area contributed by atoms with Crippen molar-refractivity contribution in [2.75, 3.05) is 59.4 Å². The van der Waals surface area contributed by atoms with E-state index in [4.69, 9.17) is 18.9 Å². The van der Waals surface area contributed by atoms with Crippen molar-refractivity contribution in [2.45, 2.75) is 38.6 Å². The summed E-state index contributed by atoms with van der Waals surface area (Å²) in [5.41, 5.74) is -0.0847. The molecule has 0 amide bonds. The molecule has 7 heteroatoms. The number of nitrogens with one attached hydrogen (secondary N) is 1. The van der Waals surface area contributed by atoms with Crippen LogP contribution in [0, 0.1) is 17.8 Å². The van der Waals surface area contributed by atoms with Crippen LogP contribution >= 0.6 is 0 Å². The molecule has 4 aliphatic rings. The Bertz CT molecular complexity index is 505. The highest BCUT2D eigenvalue weighted by molar-refractivity contribution is 5.08. The SMILES string of the molecule is CCC1(C2COC(C)OC2)NC=CN1CC1CCN(CC2COCOC2)C1. The molecular formula is C20H35N3O4. The van der Waals surface area contributed by atoms with E-state index in [0.717, 1.165) is 52.5 Å². The van der Waals surface area contributed by atoms with Gasteiger partial charge in [-0.2, -0.15) is 0 Å². The van der Waals surface area contributed by atoms with Crippen molar-refractivity contribution in [3.63, 3.8) is 0 Å². The van der Waals surface area contributed by atoms with Crippen molar-refractivity contribution in [1.29, 1.82) is 0 Å². The number of hydrogen-bond donors (Lipinski definition) is 1. The first kappa shape index (κ1) is 19.5. The first-order valence-electron chi connectivity index (χ1n) is 10.5. The minimum Gasteiger partial charge on any atom is -0.367 e. The van der Waals surface area contributed by atoms with Crippen molar-refractivity contribution < 1.29 is 18.9 Å². The zero-order chi connectivity index (χ0) is 18.7. The van der Waals surface area contributed by atoms with Crippen molar-refractivity contribution in [3.8, 4) is 0 Å². The van der Waals surface area contributed by atoms with Gasteiger partial charge in [-0.1, -0.05) is 6.92 Å². The molecule has 2 unspecified atom stereocenters. The number of hydrogen-bond acceptors (Lipinski definition) is 7. The van der Waals surface area contributed by atoms with E-state index in [0.29, 0.717) is 24.5 Å². The summed E-state index contributed by atoms with van der Waals surface area (Å²) in [5, 5.41) is 3.64. The van der Waals surface area contributed by atoms with Gasteiger partial charge in [-0.25, -0.2) is 0 Å². The Hall–Kier alpha value is -0.860. The molecule has 0 aromatic heterocycles. The first-order valence-corrected chi connectivity index (χ1v) is 10.5. The molecule has 3 saturated heterocycles. The molecule has 0 radical (unpaired) electrons. The second-order valence-corrected chi connectivity index (χ2v) is 8.46. The summed E-state index contributed by atoms with van der Waals surface area (Å²) in [6, 6.07) is 0. The Morgan fingerprint density at radius 1 is 1.07 bits per heavy atom. The van der Waals surface area contributed by atoms with Crippen molar-refractivity contribution >= 4 is 0 Å². The van der Waals surface area contributed by atoms with Crippen LogP contribution in [-0.4, -0.2) is 81.2 Å². The average molecular weight is 382 g/mol. The molecule has 154 valence electrons. The Morgan fingerprint density at radius 3 is 2.59 bits per heavy atom. The smallest absolute Gasteiger partial charge is 0.154 e.